The minimum absolute atomic E-state index is 0.0246. The van der Waals surface area contributed by atoms with Gasteiger partial charge in [-0.1, -0.05) is 35.4 Å². The predicted molar refractivity (Wildman–Crippen MR) is 108 cm³/mol. The molecule has 0 aliphatic carbocycles. The molecule has 0 unspecified atom stereocenters. The van der Waals surface area contributed by atoms with Crippen molar-refractivity contribution in [3.8, 4) is 0 Å². The third-order valence-electron chi connectivity index (χ3n) is 4.18. The quantitative estimate of drug-likeness (QED) is 0.640. The normalized spacial score (nSPS) is 10.7. The maximum atomic E-state index is 13.4. The van der Waals surface area contributed by atoms with Gasteiger partial charge < -0.3 is 10.1 Å². The number of carbonyl (C=O) groups excluding carboxylic acids is 3. The topological polar surface area (TPSA) is 77.4 Å². The van der Waals surface area contributed by atoms with Crippen LogP contribution in [0.5, 0.6) is 0 Å². The maximum absolute atomic E-state index is 13.4. The van der Waals surface area contributed by atoms with Crippen molar-refractivity contribution in [3.63, 3.8) is 0 Å². The molecule has 28 heavy (non-hydrogen) atoms. The summed E-state index contributed by atoms with van der Waals surface area (Å²) in [6.45, 7) is 5.01. The lowest BCUT2D eigenvalue weighted by Gasteiger charge is -2.11. The second kappa shape index (κ2) is 7.86. The standard InChI is InChI=1S/C21H19ClN2O4/c1-4-28-21(27)24-17-11-15(22)8-9-16(17)18(23-13(3)25)19(24)20(26)14-7-5-6-12(2)10-14/h5-11H,4H2,1-3H3,(H,23,25). The van der Waals surface area contributed by atoms with Gasteiger partial charge in [0.15, 0.2) is 0 Å². The van der Waals surface area contributed by atoms with Crippen LogP contribution in [0.2, 0.25) is 5.02 Å². The summed E-state index contributed by atoms with van der Waals surface area (Å²) in [4.78, 5) is 37.9. The van der Waals surface area contributed by atoms with Crippen LogP contribution in [0.15, 0.2) is 42.5 Å². The van der Waals surface area contributed by atoms with Crippen molar-refractivity contribution < 1.29 is 19.1 Å². The first kappa shape index (κ1) is 19.6. The van der Waals surface area contributed by atoms with Crippen LogP contribution in [0.4, 0.5) is 10.5 Å². The van der Waals surface area contributed by atoms with Gasteiger partial charge in [0.05, 0.1) is 17.8 Å². The van der Waals surface area contributed by atoms with E-state index in [0.29, 0.717) is 21.5 Å². The number of amides is 1. The van der Waals surface area contributed by atoms with Gasteiger partial charge in [-0.05, 0) is 38.1 Å². The molecule has 3 rings (SSSR count). The van der Waals surface area contributed by atoms with E-state index in [1.54, 1.807) is 43.3 Å². The Morgan fingerprint density at radius 3 is 2.54 bits per heavy atom. The van der Waals surface area contributed by atoms with Crippen LogP contribution in [-0.4, -0.2) is 29.0 Å². The van der Waals surface area contributed by atoms with Crippen molar-refractivity contribution in [1.29, 1.82) is 0 Å². The number of rotatable bonds is 4. The van der Waals surface area contributed by atoms with Gasteiger partial charge in [0, 0.05) is 22.9 Å². The van der Waals surface area contributed by atoms with E-state index in [9.17, 15) is 14.4 Å². The number of anilines is 1. The third kappa shape index (κ3) is 3.64. The molecular weight excluding hydrogens is 380 g/mol. The van der Waals surface area contributed by atoms with Crippen LogP contribution in [-0.2, 0) is 9.53 Å². The summed E-state index contributed by atoms with van der Waals surface area (Å²) < 4.78 is 6.33. The lowest BCUT2D eigenvalue weighted by atomic mass is 10.0. The summed E-state index contributed by atoms with van der Waals surface area (Å²) in [5.74, 6) is -0.774. The number of halogens is 1. The number of carbonyl (C=O) groups is 3. The SMILES string of the molecule is CCOC(=O)n1c(C(=O)c2cccc(C)c2)c(NC(C)=O)c2ccc(Cl)cc21. The van der Waals surface area contributed by atoms with E-state index in [-0.39, 0.29) is 23.9 Å². The van der Waals surface area contributed by atoms with Gasteiger partial charge >= 0.3 is 6.09 Å². The molecular formula is C21H19ClN2O4. The highest BCUT2D eigenvalue weighted by Gasteiger charge is 2.28. The molecule has 7 heteroatoms. The Kier molecular flexibility index (Phi) is 5.51. The molecule has 0 bridgehead atoms. The maximum Gasteiger partial charge on any atom is 0.419 e. The fourth-order valence-corrected chi connectivity index (χ4v) is 3.25. The molecule has 144 valence electrons. The molecule has 0 aliphatic rings. The number of nitrogens with zero attached hydrogens (tertiary/aromatic N) is 1. The Bertz CT molecular complexity index is 1100. The van der Waals surface area contributed by atoms with Crippen molar-refractivity contribution in [3.05, 3.63) is 64.3 Å². The summed E-state index contributed by atoms with van der Waals surface area (Å²) in [5, 5.41) is 3.59. The van der Waals surface area contributed by atoms with Crippen LogP contribution >= 0.6 is 11.6 Å². The molecule has 0 fully saturated rings. The first-order valence-electron chi connectivity index (χ1n) is 8.73. The number of ketones is 1. The van der Waals surface area contributed by atoms with Crippen LogP contribution in [0.3, 0.4) is 0 Å². The van der Waals surface area contributed by atoms with Gasteiger partial charge in [0.2, 0.25) is 11.7 Å². The van der Waals surface area contributed by atoms with Crippen LogP contribution < -0.4 is 5.32 Å². The zero-order valence-electron chi connectivity index (χ0n) is 15.7. The van der Waals surface area contributed by atoms with Crippen LogP contribution in [0, 0.1) is 6.92 Å². The first-order chi connectivity index (χ1) is 13.3. The number of hydrogen-bond donors (Lipinski definition) is 1. The zero-order chi connectivity index (χ0) is 20.4. The van der Waals surface area contributed by atoms with E-state index in [4.69, 9.17) is 16.3 Å². The Labute approximate surface area is 167 Å². The predicted octanol–water partition coefficient (Wildman–Crippen LogP) is 4.80. The summed E-state index contributed by atoms with van der Waals surface area (Å²) in [5.41, 5.74) is 1.95. The highest BCUT2D eigenvalue weighted by molar-refractivity contribution is 6.32. The molecule has 1 amide bonds. The number of fused-ring (bicyclic) bond motifs is 1. The van der Waals surface area contributed by atoms with E-state index in [1.165, 1.54) is 11.5 Å². The average molecular weight is 399 g/mol. The van der Waals surface area contributed by atoms with Crippen LogP contribution in [0.25, 0.3) is 10.9 Å². The molecule has 0 saturated heterocycles. The minimum Gasteiger partial charge on any atom is -0.449 e. The summed E-state index contributed by atoms with van der Waals surface area (Å²) >= 11 is 6.12. The lowest BCUT2D eigenvalue weighted by Crippen LogP contribution is -2.21. The molecule has 0 radical (unpaired) electrons. The second-order valence-corrected chi connectivity index (χ2v) is 6.74. The zero-order valence-corrected chi connectivity index (χ0v) is 16.5. The van der Waals surface area contributed by atoms with E-state index in [0.717, 1.165) is 5.56 Å². The summed E-state index contributed by atoms with van der Waals surface area (Å²) in [6, 6.07) is 11.9. The Morgan fingerprint density at radius 1 is 1.14 bits per heavy atom. The van der Waals surface area contributed by atoms with Gasteiger partial charge in [-0.3, -0.25) is 9.59 Å². The van der Waals surface area contributed by atoms with Crippen LogP contribution in [0.1, 0.15) is 35.5 Å². The van der Waals surface area contributed by atoms with E-state index in [1.807, 2.05) is 13.0 Å². The number of benzene rings is 2. The average Bonchev–Trinajstić information content (AvgIpc) is 2.94. The van der Waals surface area contributed by atoms with E-state index in [2.05, 4.69) is 5.32 Å². The number of ether oxygens (including phenoxy) is 1. The van der Waals surface area contributed by atoms with Crippen molar-refractivity contribution in [2.45, 2.75) is 20.8 Å². The van der Waals surface area contributed by atoms with Crippen molar-refractivity contribution in [2.24, 2.45) is 0 Å². The molecule has 1 aromatic heterocycles. The molecule has 6 nitrogen and oxygen atoms in total. The molecule has 0 aliphatic heterocycles. The molecule has 0 atom stereocenters. The van der Waals surface area contributed by atoms with Gasteiger partial charge in [-0.25, -0.2) is 9.36 Å². The molecule has 3 aromatic rings. The van der Waals surface area contributed by atoms with Crippen molar-refractivity contribution >= 4 is 46.0 Å². The smallest absolute Gasteiger partial charge is 0.419 e. The number of aryl methyl sites for hydroxylation is 1. The van der Waals surface area contributed by atoms with E-state index < -0.39 is 11.9 Å². The van der Waals surface area contributed by atoms with Crippen molar-refractivity contribution in [1.82, 2.24) is 4.57 Å². The molecule has 1 N–H and O–H groups in total. The van der Waals surface area contributed by atoms with Gasteiger partial charge in [0.1, 0.15) is 5.69 Å². The largest absolute Gasteiger partial charge is 0.449 e. The first-order valence-corrected chi connectivity index (χ1v) is 9.11. The number of hydrogen-bond acceptors (Lipinski definition) is 4. The molecule has 0 spiro atoms. The van der Waals surface area contributed by atoms with Gasteiger partial charge in [0.25, 0.3) is 0 Å². The molecule has 1 heterocycles. The Balaban J connectivity index is 2.37. The molecule has 0 saturated carbocycles. The van der Waals surface area contributed by atoms with E-state index >= 15 is 0 Å². The number of aromatic nitrogens is 1. The monoisotopic (exact) mass is 398 g/mol. The fourth-order valence-electron chi connectivity index (χ4n) is 3.08. The highest BCUT2D eigenvalue weighted by Crippen LogP contribution is 2.35. The second-order valence-electron chi connectivity index (χ2n) is 6.30. The number of nitrogens with one attached hydrogen (secondary N) is 1. The highest BCUT2D eigenvalue weighted by atomic mass is 35.5. The van der Waals surface area contributed by atoms with Gasteiger partial charge in [-0.2, -0.15) is 0 Å². The van der Waals surface area contributed by atoms with Gasteiger partial charge in [-0.15, -0.1) is 0 Å². The lowest BCUT2D eigenvalue weighted by molar-refractivity contribution is -0.114. The summed E-state index contributed by atoms with van der Waals surface area (Å²) in [6.07, 6.45) is -0.720. The minimum atomic E-state index is -0.720. The summed E-state index contributed by atoms with van der Waals surface area (Å²) in [7, 11) is 0. The Hall–Kier alpha value is -3.12. The fraction of sp³-hybridized carbons (Fsp3) is 0.190. The Morgan fingerprint density at radius 2 is 1.89 bits per heavy atom. The molecule has 2 aromatic carbocycles. The third-order valence-corrected chi connectivity index (χ3v) is 4.41. The van der Waals surface area contributed by atoms with Crippen molar-refractivity contribution in [2.75, 3.05) is 11.9 Å².